The van der Waals surface area contributed by atoms with Gasteiger partial charge in [-0.05, 0) is 38.0 Å². The van der Waals surface area contributed by atoms with Gasteiger partial charge in [0.1, 0.15) is 11.6 Å². The zero-order chi connectivity index (χ0) is 21.3. The number of anilines is 1. The number of hydrogen-bond donors (Lipinski definition) is 2. The lowest BCUT2D eigenvalue weighted by atomic mass is 9.89. The van der Waals surface area contributed by atoms with Crippen LogP contribution >= 0.6 is 0 Å². The first-order valence-electron chi connectivity index (χ1n) is 10.0. The van der Waals surface area contributed by atoms with Gasteiger partial charge in [-0.1, -0.05) is 11.8 Å². The molecule has 4 rings (SSSR count). The summed E-state index contributed by atoms with van der Waals surface area (Å²) in [5.41, 5.74) is 0.119. The van der Waals surface area contributed by atoms with Crippen molar-refractivity contribution in [2.45, 2.75) is 37.6 Å². The van der Waals surface area contributed by atoms with Gasteiger partial charge in [-0.2, -0.15) is 0 Å². The molecule has 2 aliphatic heterocycles. The summed E-state index contributed by atoms with van der Waals surface area (Å²) in [5, 5.41) is 5.26. The molecule has 3 fully saturated rings. The van der Waals surface area contributed by atoms with Gasteiger partial charge < -0.3 is 15.0 Å². The molecule has 2 amide bonds. The molecule has 6 nitrogen and oxygen atoms in total. The third-order valence-corrected chi connectivity index (χ3v) is 5.47. The molecule has 1 aromatic carbocycles. The Bertz CT molecular complexity index is 920. The molecule has 1 unspecified atom stereocenters. The van der Waals surface area contributed by atoms with Crippen LogP contribution < -0.4 is 15.5 Å². The van der Waals surface area contributed by atoms with Gasteiger partial charge in [-0.25, -0.2) is 8.78 Å². The second-order valence-corrected chi connectivity index (χ2v) is 7.88. The van der Waals surface area contributed by atoms with Crippen molar-refractivity contribution in [1.82, 2.24) is 10.6 Å². The molecule has 1 saturated carbocycles. The van der Waals surface area contributed by atoms with Crippen LogP contribution in [0.4, 0.5) is 14.5 Å². The van der Waals surface area contributed by atoms with E-state index in [9.17, 15) is 18.4 Å². The van der Waals surface area contributed by atoms with Gasteiger partial charge in [-0.15, -0.1) is 0 Å². The average Bonchev–Trinajstić information content (AvgIpc) is 3.47. The van der Waals surface area contributed by atoms with E-state index in [0.29, 0.717) is 30.6 Å². The number of carbonyl (C=O) groups excluding carboxylic acids is 2. The van der Waals surface area contributed by atoms with E-state index in [0.717, 1.165) is 0 Å². The highest BCUT2D eigenvalue weighted by molar-refractivity contribution is 6.01. The molecule has 2 saturated heterocycles. The summed E-state index contributed by atoms with van der Waals surface area (Å²) in [7, 11) is 0. The second-order valence-electron chi connectivity index (χ2n) is 7.88. The van der Waals surface area contributed by atoms with E-state index in [2.05, 4.69) is 29.1 Å². The Morgan fingerprint density at radius 2 is 1.93 bits per heavy atom. The number of nitrogens with one attached hydrogen (secondary N) is 2. The number of ether oxygens (including phenoxy) is 1. The molecule has 0 radical (unpaired) electrons. The predicted octanol–water partition coefficient (Wildman–Crippen LogP) is 2.16. The first-order valence-corrected chi connectivity index (χ1v) is 10.0. The summed E-state index contributed by atoms with van der Waals surface area (Å²) >= 11 is 0. The van der Waals surface area contributed by atoms with E-state index in [4.69, 9.17) is 4.74 Å². The van der Waals surface area contributed by atoms with Crippen LogP contribution in [0.3, 0.4) is 0 Å². The van der Waals surface area contributed by atoms with Gasteiger partial charge in [0.2, 0.25) is 11.8 Å². The fraction of sp³-hybridized carbons (Fsp3) is 0.455. The maximum absolute atomic E-state index is 14.6. The first-order chi connectivity index (χ1) is 14.4. The van der Waals surface area contributed by atoms with Crippen LogP contribution in [0.2, 0.25) is 0 Å². The number of rotatable bonds is 6. The highest BCUT2D eigenvalue weighted by atomic mass is 19.1. The molecule has 1 aromatic rings. The summed E-state index contributed by atoms with van der Waals surface area (Å²) < 4.78 is 34.7. The number of benzene rings is 1. The number of carbonyl (C=O) groups is 2. The van der Waals surface area contributed by atoms with Crippen LogP contribution in [0.25, 0.3) is 0 Å². The molecule has 158 valence electrons. The van der Waals surface area contributed by atoms with Crippen molar-refractivity contribution < 1.29 is 23.1 Å². The fourth-order valence-corrected chi connectivity index (χ4v) is 3.64. The Morgan fingerprint density at radius 1 is 1.23 bits per heavy atom. The zero-order valence-corrected chi connectivity index (χ0v) is 16.5. The lowest BCUT2D eigenvalue weighted by Crippen LogP contribution is -2.58. The fourth-order valence-electron chi connectivity index (χ4n) is 3.64. The van der Waals surface area contributed by atoms with Crippen LogP contribution in [-0.4, -0.2) is 37.6 Å². The van der Waals surface area contributed by atoms with Crippen LogP contribution in [0.1, 0.15) is 37.2 Å². The summed E-state index contributed by atoms with van der Waals surface area (Å²) in [6.07, 6.45) is 2.49. The smallest absolute Gasteiger partial charge is 0.234 e. The first kappa shape index (κ1) is 20.2. The minimum absolute atomic E-state index is 0.0508. The van der Waals surface area contributed by atoms with Crippen molar-refractivity contribution >= 4 is 17.5 Å². The number of halogens is 2. The third kappa shape index (κ3) is 4.56. The summed E-state index contributed by atoms with van der Waals surface area (Å²) in [6.45, 7) is 5.17. The van der Waals surface area contributed by atoms with Gasteiger partial charge >= 0.3 is 0 Å². The molecule has 0 aromatic heterocycles. The molecule has 2 N–H and O–H groups in total. The normalized spacial score (nSPS) is 21.3. The van der Waals surface area contributed by atoms with Crippen molar-refractivity contribution in [3.63, 3.8) is 0 Å². The average molecular weight is 415 g/mol. The van der Waals surface area contributed by atoms with Crippen LogP contribution in [0, 0.1) is 29.4 Å². The standard InChI is InChI=1S/C22H23F2N3O3/c1-13(30-8-2-3-14-4-5-14)25-15-11-27(12-15)16-9-18(23)21(19(24)10-16)17-6-7-20(28)26-22(17)29/h9-10,14-15,17,25H,1,4-8,11-12H2,(H,26,28,29). The topological polar surface area (TPSA) is 70.7 Å². The van der Waals surface area contributed by atoms with Gasteiger partial charge in [-0.3, -0.25) is 14.9 Å². The lowest BCUT2D eigenvalue weighted by molar-refractivity contribution is -0.134. The molecule has 8 heteroatoms. The Hall–Kier alpha value is -3.08. The Kier molecular flexibility index (Phi) is 5.62. The second kappa shape index (κ2) is 8.34. The largest absolute Gasteiger partial charge is 0.467 e. The predicted molar refractivity (Wildman–Crippen MR) is 106 cm³/mol. The summed E-state index contributed by atoms with van der Waals surface area (Å²) in [6, 6.07) is 2.52. The van der Waals surface area contributed by atoms with Crippen molar-refractivity contribution in [1.29, 1.82) is 0 Å². The summed E-state index contributed by atoms with van der Waals surface area (Å²) in [5.74, 6) is 3.37. The SMILES string of the molecule is C=C(NC1CN(c2cc(F)c(C3CCC(=O)NC3=O)c(F)c2)C1)OCC#CC1CC1. The van der Waals surface area contributed by atoms with Crippen LogP contribution in [0.5, 0.6) is 0 Å². The molecule has 3 aliphatic rings. The number of hydrogen-bond acceptors (Lipinski definition) is 5. The molecular weight excluding hydrogens is 392 g/mol. The molecule has 30 heavy (non-hydrogen) atoms. The van der Waals surface area contributed by atoms with Crippen molar-refractivity contribution in [2.24, 2.45) is 5.92 Å². The number of nitrogens with zero attached hydrogens (tertiary/aromatic N) is 1. The van der Waals surface area contributed by atoms with Crippen molar-refractivity contribution in [2.75, 3.05) is 24.6 Å². The van der Waals surface area contributed by atoms with Gasteiger partial charge in [0.25, 0.3) is 0 Å². The Labute approximate surface area is 173 Å². The van der Waals surface area contributed by atoms with Crippen molar-refractivity contribution in [3.8, 4) is 11.8 Å². The number of amides is 2. The number of piperidine rings is 1. The van der Waals surface area contributed by atoms with Crippen LogP contribution in [-0.2, 0) is 14.3 Å². The summed E-state index contributed by atoms with van der Waals surface area (Å²) in [4.78, 5) is 25.0. The van der Waals surface area contributed by atoms with E-state index in [1.54, 1.807) is 0 Å². The minimum Gasteiger partial charge on any atom is -0.467 e. The van der Waals surface area contributed by atoms with E-state index in [1.807, 2.05) is 4.90 Å². The molecular formula is C22H23F2N3O3. The highest BCUT2D eigenvalue weighted by Crippen LogP contribution is 2.33. The molecule has 1 aliphatic carbocycles. The van der Waals surface area contributed by atoms with Gasteiger partial charge in [0, 0.05) is 36.7 Å². The Balaban J connectivity index is 1.30. The Morgan fingerprint density at radius 3 is 2.57 bits per heavy atom. The van der Waals surface area contributed by atoms with E-state index >= 15 is 0 Å². The van der Waals surface area contributed by atoms with Gasteiger partial charge in [0.15, 0.2) is 12.5 Å². The quantitative estimate of drug-likeness (QED) is 0.423. The molecule has 2 heterocycles. The van der Waals surface area contributed by atoms with E-state index in [-0.39, 0.29) is 31.1 Å². The molecule has 0 spiro atoms. The molecule has 1 atom stereocenters. The monoisotopic (exact) mass is 415 g/mol. The van der Waals surface area contributed by atoms with E-state index in [1.165, 1.54) is 25.0 Å². The number of imide groups is 1. The minimum atomic E-state index is -0.994. The van der Waals surface area contributed by atoms with Crippen LogP contribution in [0.15, 0.2) is 24.6 Å². The third-order valence-electron chi connectivity index (χ3n) is 5.47. The lowest BCUT2D eigenvalue weighted by Gasteiger charge is -2.42. The highest BCUT2D eigenvalue weighted by Gasteiger charge is 2.34. The van der Waals surface area contributed by atoms with E-state index < -0.39 is 29.4 Å². The van der Waals surface area contributed by atoms with Crippen molar-refractivity contribution in [3.05, 3.63) is 41.8 Å². The van der Waals surface area contributed by atoms with Gasteiger partial charge in [0.05, 0.1) is 12.0 Å². The zero-order valence-electron chi connectivity index (χ0n) is 16.5. The molecule has 0 bridgehead atoms. The maximum Gasteiger partial charge on any atom is 0.234 e. The maximum atomic E-state index is 14.6.